The van der Waals surface area contributed by atoms with Gasteiger partial charge >= 0.3 is 0 Å². The standard InChI is InChI=1S/C11H12O2S3/c1-12-11(13-2)8-5-6-10(15-8)16-9-4-3-7-14-9/h3-7,11H,1-2H3. The molecule has 0 radical (unpaired) electrons. The first-order valence-corrected chi connectivity index (χ1v) is 7.21. The summed E-state index contributed by atoms with van der Waals surface area (Å²) in [7, 11) is 3.31. The summed E-state index contributed by atoms with van der Waals surface area (Å²) in [5.74, 6) is 0. The van der Waals surface area contributed by atoms with Crippen LogP contribution in [-0.2, 0) is 9.47 Å². The van der Waals surface area contributed by atoms with Crippen LogP contribution in [0, 0.1) is 0 Å². The number of hydrogen-bond acceptors (Lipinski definition) is 5. The number of methoxy groups -OCH3 is 2. The fourth-order valence-electron chi connectivity index (χ4n) is 1.27. The highest BCUT2D eigenvalue weighted by atomic mass is 32.2. The maximum absolute atomic E-state index is 5.22. The second-order valence-electron chi connectivity index (χ2n) is 2.99. The third-order valence-corrected chi connectivity index (χ3v) is 5.24. The number of hydrogen-bond donors (Lipinski definition) is 0. The lowest BCUT2D eigenvalue weighted by Crippen LogP contribution is -2.00. The van der Waals surface area contributed by atoms with Gasteiger partial charge in [0.2, 0.25) is 0 Å². The molecular formula is C11H12O2S3. The SMILES string of the molecule is COC(OC)c1ccc(Sc2cccs2)s1. The van der Waals surface area contributed by atoms with E-state index in [1.807, 2.05) is 0 Å². The first-order valence-electron chi connectivity index (χ1n) is 4.70. The topological polar surface area (TPSA) is 18.5 Å². The summed E-state index contributed by atoms with van der Waals surface area (Å²) in [6, 6.07) is 8.35. The Bertz CT molecular complexity index is 418. The Balaban J connectivity index is 2.07. The van der Waals surface area contributed by atoms with Crippen molar-refractivity contribution in [2.24, 2.45) is 0 Å². The molecular weight excluding hydrogens is 260 g/mol. The molecule has 5 heteroatoms. The zero-order valence-corrected chi connectivity index (χ0v) is 11.5. The first kappa shape index (κ1) is 12.1. The van der Waals surface area contributed by atoms with Crippen molar-refractivity contribution in [1.29, 1.82) is 0 Å². The minimum atomic E-state index is -0.248. The van der Waals surface area contributed by atoms with E-state index in [0.717, 1.165) is 4.88 Å². The van der Waals surface area contributed by atoms with Crippen molar-refractivity contribution in [2.45, 2.75) is 14.7 Å². The van der Waals surface area contributed by atoms with Crippen molar-refractivity contribution in [3.05, 3.63) is 34.5 Å². The first-order chi connectivity index (χ1) is 7.83. The van der Waals surface area contributed by atoms with E-state index in [2.05, 4.69) is 29.6 Å². The van der Waals surface area contributed by atoms with Crippen LogP contribution in [0.5, 0.6) is 0 Å². The predicted octanol–water partition coefficient (Wildman–Crippen LogP) is 4.25. The van der Waals surface area contributed by atoms with Gasteiger partial charge in [0.1, 0.15) is 0 Å². The molecule has 0 N–H and O–H groups in total. The lowest BCUT2D eigenvalue weighted by molar-refractivity contribution is -0.103. The lowest BCUT2D eigenvalue weighted by Gasteiger charge is -2.10. The maximum Gasteiger partial charge on any atom is 0.192 e. The fraction of sp³-hybridized carbons (Fsp3) is 0.273. The molecule has 86 valence electrons. The van der Waals surface area contributed by atoms with Gasteiger partial charge in [0, 0.05) is 14.2 Å². The molecule has 2 rings (SSSR count). The predicted molar refractivity (Wildman–Crippen MR) is 69.5 cm³/mol. The normalized spacial score (nSPS) is 11.2. The minimum Gasteiger partial charge on any atom is -0.351 e. The van der Waals surface area contributed by atoms with Crippen molar-refractivity contribution in [2.75, 3.05) is 14.2 Å². The Kier molecular flexibility index (Phi) is 4.43. The summed E-state index contributed by atoms with van der Waals surface area (Å²) < 4.78 is 13.0. The molecule has 0 aliphatic carbocycles. The molecule has 0 aliphatic rings. The highest BCUT2D eigenvalue weighted by molar-refractivity contribution is 8.02. The van der Waals surface area contributed by atoms with E-state index < -0.39 is 0 Å². The van der Waals surface area contributed by atoms with Crippen molar-refractivity contribution >= 4 is 34.4 Å². The van der Waals surface area contributed by atoms with E-state index in [-0.39, 0.29) is 6.29 Å². The van der Waals surface area contributed by atoms with Gasteiger partial charge in [0.15, 0.2) is 6.29 Å². The van der Waals surface area contributed by atoms with Crippen molar-refractivity contribution in [3.8, 4) is 0 Å². The second-order valence-corrected chi connectivity index (χ2v) is 6.66. The summed E-state index contributed by atoms with van der Waals surface area (Å²) >= 11 is 5.24. The zero-order valence-electron chi connectivity index (χ0n) is 9.01. The smallest absolute Gasteiger partial charge is 0.192 e. The van der Waals surface area contributed by atoms with Crippen LogP contribution in [0.25, 0.3) is 0 Å². The third kappa shape index (κ3) is 2.87. The maximum atomic E-state index is 5.22. The number of thiophene rings is 2. The number of rotatable bonds is 5. The van der Waals surface area contributed by atoms with Crippen LogP contribution < -0.4 is 0 Å². The van der Waals surface area contributed by atoms with Gasteiger partial charge in [-0.3, -0.25) is 0 Å². The molecule has 0 saturated carbocycles. The van der Waals surface area contributed by atoms with Gasteiger partial charge < -0.3 is 9.47 Å². The molecule has 0 fully saturated rings. The van der Waals surface area contributed by atoms with Gasteiger partial charge in [-0.15, -0.1) is 22.7 Å². The van der Waals surface area contributed by atoms with Gasteiger partial charge in [-0.05, 0) is 23.6 Å². The zero-order chi connectivity index (χ0) is 11.4. The Labute approximate surface area is 107 Å². The van der Waals surface area contributed by atoms with Gasteiger partial charge in [-0.25, -0.2) is 0 Å². The molecule has 0 amide bonds. The van der Waals surface area contributed by atoms with Crippen molar-refractivity contribution < 1.29 is 9.47 Å². The Morgan fingerprint density at radius 3 is 2.56 bits per heavy atom. The third-order valence-electron chi connectivity index (χ3n) is 1.96. The van der Waals surface area contributed by atoms with Gasteiger partial charge in [0.25, 0.3) is 0 Å². The molecule has 0 bridgehead atoms. The van der Waals surface area contributed by atoms with Crippen LogP contribution in [0.2, 0.25) is 0 Å². The summed E-state index contributed by atoms with van der Waals surface area (Å²) in [4.78, 5) is 1.10. The van der Waals surface area contributed by atoms with E-state index in [4.69, 9.17) is 9.47 Å². The molecule has 2 aromatic heterocycles. The molecule has 0 aliphatic heterocycles. The Morgan fingerprint density at radius 1 is 1.12 bits per heavy atom. The largest absolute Gasteiger partial charge is 0.351 e. The average Bonchev–Trinajstić information content (AvgIpc) is 2.93. The Morgan fingerprint density at radius 2 is 1.94 bits per heavy atom. The highest BCUT2D eigenvalue weighted by Crippen LogP contribution is 2.38. The molecule has 2 aromatic rings. The van der Waals surface area contributed by atoms with Crippen LogP contribution in [-0.4, -0.2) is 14.2 Å². The molecule has 2 nitrogen and oxygen atoms in total. The van der Waals surface area contributed by atoms with Crippen LogP contribution in [0.4, 0.5) is 0 Å². The molecule has 0 atom stereocenters. The summed E-state index contributed by atoms with van der Waals surface area (Å²) in [6.07, 6.45) is -0.248. The summed E-state index contributed by atoms with van der Waals surface area (Å²) in [6.45, 7) is 0. The van der Waals surface area contributed by atoms with Crippen molar-refractivity contribution in [3.63, 3.8) is 0 Å². The Hall–Kier alpha value is -0.330. The van der Waals surface area contributed by atoms with Gasteiger partial charge in [-0.2, -0.15) is 0 Å². The highest BCUT2D eigenvalue weighted by Gasteiger charge is 2.12. The van der Waals surface area contributed by atoms with Crippen LogP contribution >= 0.6 is 34.4 Å². The number of ether oxygens (including phenoxy) is 2. The molecule has 2 heterocycles. The van der Waals surface area contributed by atoms with E-state index >= 15 is 0 Å². The monoisotopic (exact) mass is 272 g/mol. The van der Waals surface area contributed by atoms with E-state index in [0.29, 0.717) is 0 Å². The van der Waals surface area contributed by atoms with Crippen LogP contribution in [0.1, 0.15) is 11.2 Å². The average molecular weight is 272 g/mol. The molecule has 16 heavy (non-hydrogen) atoms. The molecule has 0 spiro atoms. The summed E-state index contributed by atoms with van der Waals surface area (Å²) in [5.41, 5.74) is 0. The van der Waals surface area contributed by atoms with E-state index in [1.165, 1.54) is 8.42 Å². The van der Waals surface area contributed by atoms with Crippen molar-refractivity contribution in [1.82, 2.24) is 0 Å². The second kappa shape index (κ2) is 5.84. The molecule has 0 unspecified atom stereocenters. The quantitative estimate of drug-likeness (QED) is 0.758. The fourth-order valence-corrected chi connectivity index (χ4v) is 4.50. The van der Waals surface area contributed by atoms with Gasteiger partial charge in [-0.1, -0.05) is 17.8 Å². The minimum absolute atomic E-state index is 0.248. The van der Waals surface area contributed by atoms with Crippen LogP contribution in [0.3, 0.4) is 0 Å². The van der Waals surface area contributed by atoms with Crippen LogP contribution in [0.15, 0.2) is 38.1 Å². The van der Waals surface area contributed by atoms with E-state index in [9.17, 15) is 0 Å². The molecule has 0 saturated heterocycles. The lowest BCUT2D eigenvalue weighted by atomic mass is 10.4. The van der Waals surface area contributed by atoms with E-state index in [1.54, 1.807) is 48.7 Å². The summed E-state index contributed by atoms with van der Waals surface area (Å²) in [5, 5.41) is 2.09. The van der Waals surface area contributed by atoms with Gasteiger partial charge in [0.05, 0.1) is 13.3 Å². The molecule has 0 aromatic carbocycles.